The Morgan fingerprint density at radius 1 is 1.29 bits per heavy atom. The Morgan fingerprint density at radius 3 is 2.86 bits per heavy atom. The molecule has 1 aliphatic carbocycles. The minimum absolute atomic E-state index is 0.681. The van der Waals surface area contributed by atoms with Crippen LogP contribution in [0.3, 0.4) is 0 Å². The standard InChI is InChI=1S/C17H22N2OS/c1-3-20-10-9-15-14-11-16(13-7-5-4-6-8-13)21-17(14)19-12(2)18-15/h9-11,13H,3-8H2,1-2H3. The summed E-state index contributed by atoms with van der Waals surface area (Å²) in [4.78, 5) is 11.8. The van der Waals surface area contributed by atoms with Gasteiger partial charge in [-0.3, -0.25) is 0 Å². The van der Waals surface area contributed by atoms with Crippen molar-refractivity contribution in [1.29, 1.82) is 0 Å². The van der Waals surface area contributed by atoms with E-state index in [4.69, 9.17) is 4.74 Å². The zero-order valence-corrected chi connectivity index (χ0v) is 13.6. The van der Waals surface area contributed by atoms with E-state index in [2.05, 4.69) is 16.0 Å². The highest BCUT2D eigenvalue weighted by atomic mass is 32.1. The van der Waals surface area contributed by atoms with E-state index >= 15 is 0 Å². The van der Waals surface area contributed by atoms with Gasteiger partial charge in [-0.05, 0) is 44.7 Å². The highest BCUT2D eigenvalue weighted by Gasteiger charge is 2.19. The molecule has 4 heteroatoms. The van der Waals surface area contributed by atoms with Crippen LogP contribution in [0.15, 0.2) is 12.3 Å². The molecule has 1 aliphatic rings. The van der Waals surface area contributed by atoms with E-state index < -0.39 is 0 Å². The van der Waals surface area contributed by atoms with Gasteiger partial charge in [0.2, 0.25) is 0 Å². The van der Waals surface area contributed by atoms with E-state index in [1.165, 1.54) is 42.4 Å². The Labute approximate surface area is 130 Å². The van der Waals surface area contributed by atoms with Gasteiger partial charge in [0.25, 0.3) is 0 Å². The highest BCUT2D eigenvalue weighted by Crippen LogP contribution is 2.39. The minimum atomic E-state index is 0.681. The molecule has 2 heterocycles. The number of hydrogen-bond acceptors (Lipinski definition) is 4. The Morgan fingerprint density at radius 2 is 2.10 bits per heavy atom. The normalized spacial score (nSPS) is 16.9. The van der Waals surface area contributed by atoms with Crippen LogP contribution in [-0.4, -0.2) is 16.6 Å². The second-order valence-corrected chi connectivity index (χ2v) is 6.68. The van der Waals surface area contributed by atoms with Gasteiger partial charge in [0.15, 0.2) is 0 Å². The van der Waals surface area contributed by atoms with Gasteiger partial charge in [-0.25, -0.2) is 9.97 Å². The van der Waals surface area contributed by atoms with Gasteiger partial charge in [-0.1, -0.05) is 19.3 Å². The van der Waals surface area contributed by atoms with Crippen molar-refractivity contribution in [2.75, 3.05) is 6.61 Å². The second kappa shape index (κ2) is 6.56. The number of hydrogen-bond donors (Lipinski definition) is 0. The molecule has 0 radical (unpaired) electrons. The van der Waals surface area contributed by atoms with Crippen LogP contribution < -0.4 is 0 Å². The molecule has 2 aromatic rings. The van der Waals surface area contributed by atoms with Crippen LogP contribution >= 0.6 is 11.3 Å². The molecule has 0 aliphatic heterocycles. The van der Waals surface area contributed by atoms with Gasteiger partial charge < -0.3 is 4.74 Å². The maximum Gasteiger partial charge on any atom is 0.127 e. The summed E-state index contributed by atoms with van der Waals surface area (Å²) in [6.07, 6.45) is 10.5. The summed E-state index contributed by atoms with van der Waals surface area (Å²) in [5.41, 5.74) is 0.976. The fraction of sp³-hybridized carbons (Fsp3) is 0.529. The monoisotopic (exact) mass is 302 g/mol. The largest absolute Gasteiger partial charge is 0.501 e. The summed E-state index contributed by atoms with van der Waals surface area (Å²) in [7, 11) is 0. The van der Waals surface area contributed by atoms with Crippen LogP contribution in [0.2, 0.25) is 0 Å². The van der Waals surface area contributed by atoms with Crippen LogP contribution in [0.5, 0.6) is 0 Å². The molecular weight excluding hydrogens is 280 g/mol. The van der Waals surface area contributed by atoms with E-state index in [-0.39, 0.29) is 0 Å². The lowest BCUT2D eigenvalue weighted by atomic mass is 9.88. The number of aryl methyl sites for hydroxylation is 1. The van der Waals surface area contributed by atoms with Gasteiger partial charge in [0.1, 0.15) is 10.7 Å². The zero-order valence-electron chi connectivity index (χ0n) is 12.8. The second-order valence-electron chi connectivity index (χ2n) is 5.62. The van der Waals surface area contributed by atoms with Crippen molar-refractivity contribution in [3.63, 3.8) is 0 Å². The molecule has 0 spiro atoms. The maximum absolute atomic E-state index is 5.31. The molecular formula is C17H22N2OS. The minimum Gasteiger partial charge on any atom is -0.501 e. The zero-order chi connectivity index (χ0) is 14.7. The van der Waals surface area contributed by atoms with Crippen molar-refractivity contribution in [3.8, 4) is 0 Å². The molecule has 1 saturated carbocycles. The molecule has 2 aromatic heterocycles. The molecule has 0 aromatic carbocycles. The van der Waals surface area contributed by atoms with Gasteiger partial charge in [-0.15, -0.1) is 11.3 Å². The van der Waals surface area contributed by atoms with Crippen molar-refractivity contribution < 1.29 is 4.74 Å². The summed E-state index contributed by atoms with van der Waals surface area (Å²) in [6, 6.07) is 2.31. The summed E-state index contributed by atoms with van der Waals surface area (Å²) >= 11 is 1.85. The van der Waals surface area contributed by atoms with Gasteiger partial charge in [0, 0.05) is 10.3 Å². The van der Waals surface area contributed by atoms with Gasteiger partial charge in [0.05, 0.1) is 18.6 Å². The molecule has 0 saturated heterocycles. The fourth-order valence-corrected chi connectivity index (χ4v) is 4.25. The van der Waals surface area contributed by atoms with Crippen LogP contribution in [0.4, 0.5) is 0 Å². The first-order valence-electron chi connectivity index (χ1n) is 7.84. The molecule has 21 heavy (non-hydrogen) atoms. The molecule has 3 nitrogen and oxygen atoms in total. The van der Waals surface area contributed by atoms with Crippen molar-refractivity contribution in [2.45, 2.75) is 51.9 Å². The third-order valence-corrected chi connectivity index (χ3v) is 5.24. The first kappa shape index (κ1) is 14.5. The summed E-state index contributed by atoms with van der Waals surface area (Å²) in [5, 5.41) is 1.17. The smallest absolute Gasteiger partial charge is 0.127 e. The predicted molar refractivity (Wildman–Crippen MR) is 88.6 cm³/mol. The Kier molecular flexibility index (Phi) is 4.54. The van der Waals surface area contributed by atoms with Crippen molar-refractivity contribution in [3.05, 3.63) is 28.7 Å². The summed E-state index contributed by atoms with van der Waals surface area (Å²) < 4.78 is 5.31. The van der Waals surface area contributed by atoms with Crippen molar-refractivity contribution >= 4 is 27.6 Å². The lowest BCUT2D eigenvalue weighted by Crippen LogP contribution is -2.02. The number of ether oxygens (including phenoxy) is 1. The van der Waals surface area contributed by atoms with Gasteiger partial charge in [-0.2, -0.15) is 0 Å². The fourth-order valence-electron chi connectivity index (χ4n) is 3.00. The van der Waals surface area contributed by atoms with E-state index in [0.29, 0.717) is 6.61 Å². The Balaban J connectivity index is 1.97. The van der Waals surface area contributed by atoms with Crippen LogP contribution in [0.1, 0.15) is 61.3 Å². The number of thiophene rings is 1. The SMILES string of the molecule is CCOC=Cc1nc(C)nc2sc(C3CCCCC3)cc12. The van der Waals surface area contributed by atoms with Crippen LogP contribution in [0, 0.1) is 6.92 Å². The first-order chi connectivity index (χ1) is 10.3. The van der Waals surface area contributed by atoms with Crippen molar-refractivity contribution in [1.82, 2.24) is 9.97 Å². The van der Waals surface area contributed by atoms with E-state index in [1.54, 1.807) is 6.26 Å². The quantitative estimate of drug-likeness (QED) is 0.741. The molecule has 0 atom stereocenters. The molecule has 0 unspecified atom stereocenters. The predicted octanol–water partition coefficient (Wildman–Crippen LogP) is 5.05. The molecule has 0 N–H and O–H groups in total. The number of nitrogens with zero attached hydrogens (tertiary/aromatic N) is 2. The van der Waals surface area contributed by atoms with E-state index in [0.717, 1.165) is 22.3 Å². The third-order valence-electron chi connectivity index (χ3n) is 4.05. The Hall–Kier alpha value is -1.42. The molecule has 3 rings (SSSR count). The first-order valence-corrected chi connectivity index (χ1v) is 8.66. The Bertz CT molecular complexity index is 642. The maximum atomic E-state index is 5.31. The van der Waals surface area contributed by atoms with Crippen LogP contribution in [-0.2, 0) is 4.74 Å². The van der Waals surface area contributed by atoms with E-state index in [1.807, 2.05) is 31.3 Å². The molecule has 1 fully saturated rings. The molecule has 112 valence electrons. The topological polar surface area (TPSA) is 35.0 Å². The van der Waals surface area contributed by atoms with Crippen molar-refractivity contribution in [2.24, 2.45) is 0 Å². The van der Waals surface area contributed by atoms with Crippen LogP contribution in [0.25, 0.3) is 16.3 Å². The van der Waals surface area contributed by atoms with Gasteiger partial charge >= 0.3 is 0 Å². The number of rotatable bonds is 4. The third kappa shape index (κ3) is 3.26. The number of aromatic nitrogens is 2. The summed E-state index contributed by atoms with van der Waals surface area (Å²) in [6.45, 7) is 4.62. The molecule has 0 bridgehead atoms. The number of fused-ring (bicyclic) bond motifs is 1. The lowest BCUT2D eigenvalue weighted by molar-refractivity contribution is 0.272. The molecule has 0 amide bonds. The van der Waals surface area contributed by atoms with E-state index in [9.17, 15) is 0 Å². The summed E-state index contributed by atoms with van der Waals surface area (Å²) in [5.74, 6) is 1.55. The highest BCUT2D eigenvalue weighted by molar-refractivity contribution is 7.18. The average molecular weight is 302 g/mol. The lowest BCUT2D eigenvalue weighted by Gasteiger charge is -2.19. The average Bonchev–Trinajstić information content (AvgIpc) is 2.92.